The Labute approximate surface area is 177 Å². The van der Waals surface area contributed by atoms with Crippen molar-refractivity contribution in [3.05, 3.63) is 11.8 Å². The maximum Gasteiger partial charge on any atom is 0.407 e. The second kappa shape index (κ2) is 8.93. The van der Waals surface area contributed by atoms with Gasteiger partial charge in [-0.15, -0.1) is 0 Å². The highest BCUT2D eigenvalue weighted by Crippen LogP contribution is 2.36. The summed E-state index contributed by atoms with van der Waals surface area (Å²) in [5, 5.41) is 12.6. The summed E-state index contributed by atoms with van der Waals surface area (Å²) in [6, 6.07) is 1.63. The quantitative estimate of drug-likeness (QED) is 0.616. The molecule has 11 heteroatoms. The number of alkyl carbamates (subject to hydrolysis) is 1. The smallest absolute Gasteiger partial charge is 0.407 e. The average molecular weight is 442 g/mol. The van der Waals surface area contributed by atoms with Crippen molar-refractivity contribution in [2.45, 2.75) is 70.6 Å². The molecule has 0 radical (unpaired) electrons. The monoisotopic (exact) mass is 441 g/mol. The van der Waals surface area contributed by atoms with Crippen molar-refractivity contribution in [2.75, 3.05) is 18.1 Å². The molecule has 2 fully saturated rings. The second-order valence-corrected chi connectivity index (χ2v) is 10.6. The molecule has 10 nitrogen and oxygen atoms in total. The van der Waals surface area contributed by atoms with Gasteiger partial charge >= 0.3 is 6.09 Å². The number of anilines is 1. The van der Waals surface area contributed by atoms with Crippen molar-refractivity contribution in [2.24, 2.45) is 5.92 Å². The lowest BCUT2D eigenvalue weighted by Gasteiger charge is -2.17. The molecule has 3 rings (SSSR count). The van der Waals surface area contributed by atoms with E-state index in [1.54, 1.807) is 13.0 Å². The molecule has 1 saturated carbocycles. The van der Waals surface area contributed by atoms with Gasteiger partial charge in [0, 0.05) is 36.3 Å². The van der Waals surface area contributed by atoms with Crippen molar-refractivity contribution >= 4 is 27.8 Å². The summed E-state index contributed by atoms with van der Waals surface area (Å²) >= 11 is 0. The molecule has 2 amide bonds. The summed E-state index contributed by atoms with van der Waals surface area (Å²) in [5.41, 5.74) is 0.887. The minimum Gasteiger partial charge on any atom is -0.446 e. The highest BCUT2D eigenvalue weighted by atomic mass is 32.2. The maximum atomic E-state index is 12.6. The average Bonchev–Trinajstić information content (AvgIpc) is 3.32. The number of aromatic nitrogens is 2. The van der Waals surface area contributed by atoms with Crippen LogP contribution < -0.4 is 10.6 Å². The van der Waals surface area contributed by atoms with Gasteiger partial charge in [-0.05, 0) is 46.5 Å². The fraction of sp³-hybridized carbons (Fsp3) is 0.737. The van der Waals surface area contributed by atoms with Crippen LogP contribution in [-0.4, -0.2) is 65.9 Å². The van der Waals surface area contributed by atoms with E-state index < -0.39 is 22.0 Å². The molecule has 4 atom stereocenters. The summed E-state index contributed by atoms with van der Waals surface area (Å²) < 4.78 is 30.4. The fourth-order valence-electron chi connectivity index (χ4n) is 4.24. The Bertz CT molecular complexity index is 884. The molecule has 1 aromatic heterocycles. The Morgan fingerprint density at radius 3 is 2.67 bits per heavy atom. The zero-order chi connectivity index (χ0) is 22.1. The van der Waals surface area contributed by atoms with Crippen LogP contribution in [0.1, 0.15) is 58.1 Å². The number of nitrogens with zero attached hydrogens (tertiary/aromatic N) is 2. The van der Waals surface area contributed by atoms with E-state index in [9.17, 15) is 18.0 Å². The summed E-state index contributed by atoms with van der Waals surface area (Å²) in [4.78, 5) is 24.3. The van der Waals surface area contributed by atoms with Crippen LogP contribution in [0.4, 0.5) is 10.6 Å². The lowest BCUT2D eigenvalue weighted by atomic mass is 10.0. The van der Waals surface area contributed by atoms with Gasteiger partial charge in [0.25, 0.3) is 0 Å². The van der Waals surface area contributed by atoms with Gasteiger partial charge in [-0.3, -0.25) is 9.89 Å². The number of amides is 2. The molecular formula is C19H31N5O5S. The van der Waals surface area contributed by atoms with Crippen LogP contribution in [0.2, 0.25) is 0 Å². The first-order valence-corrected chi connectivity index (χ1v) is 12.2. The number of aromatic amines is 1. The van der Waals surface area contributed by atoms with E-state index in [0.29, 0.717) is 18.7 Å². The highest BCUT2D eigenvalue weighted by molar-refractivity contribution is 7.88. The molecule has 30 heavy (non-hydrogen) atoms. The highest BCUT2D eigenvalue weighted by Gasteiger charge is 2.38. The predicted octanol–water partition coefficient (Wildman–Crippen LogP) is 1.79. The molecule has 1 aliphatic carbocycles. The second-order valence-electron chi connectivity index (χ2n) is 8.65. The van der Waals surface area contributed by atoms with Crippen LogP contribution >= 0.6 is 0 Å². The van der Waals surface area contributed by atoms with Gasteiger partial charge in [0.15, 0.2) is 5.82 Å². The first kappa shape index (κ1) is 22.5. The van der Waals surface area contributed by atoms with Crippen LogP contribution in [0.15, 0.2) is 6.07 Å². The molecular weight excluding hydrogens is 410 g/mol. The van der Waals surface area contributed by atoms with Crippen molar-refractivity contribution in [3.63, 3.8) is 0 Å². The summed E-state index contributed by atoms with van der Waals surface area (Å²) in [6.07, 6.45) is 3.44. The lowest BCUT2D eigenvalue weighted by Crippen LogP contribution is -2.34. The molecule has 0 spiro atoms. The van der Waals surface area contributed by atoms with Gasteiger partial charge in [-0.2, -0.15) is 9.40 Å². The third-order valence-electron chi connectivity index (χ3n) is 5.67. The Morgan fingerprint density at radius 1 is 1.30 bits per heavy atom. The Balaban J connectivity index is 1.52. The zero-order valence-corrected chi connectivity index (χ0v) is 18.7. The van der Waals surface area contributed by atoms with E-state index in [0.717, 1.165) is 24.8 Å². The molecule has 2 heterocycles. The van der Waals surface area contributed by atoms with E-state index in [1.165, 1.54) is 4.31 Å². The minimum absolute atomic E-state index is 0.0286. The third kappa shape index (κ3) is 5.51. The van der Waals surface area contributed by atoms with Crippen molar-refractivity contribution in [3.8, 4) is 0 Å². The van der Waals surface area contributed by atoms with Crippen LogP contribution in [0.3, 0.4) is 0 Å². The lowest BCUT2D eigenvalue weighted by molar-refractivity contribution is -0.119. The molecule has 2 aliphatic rings. The molecule has 0 unspecified atom stereocenters. The SMILES string of the molecule is CC(C)NC(=O)O[C@@H]1CC[C@H](c2cc(NC(=O)[C@@H]3C[C@@H](C)N(S(C)(=O)=O)C3)n[nH]2)C1. The van der Waals surface area contributed by atoms with Gasteiger partial charge in [-0.25, -0.2) is 13.2 Å². The molecule has 0 aromatic carbocycles. The standard InChI is InChI=1S/C19H31N5O5S/c1-11(2)20-19(26)29-15-6-5-13(8-15)16-9-17(23-22-16)21-18(25)14-7-12(3)24(10-14)30(4,27)28/h9,11-15H,5-8,10H2,1-4H3,(H,20,26)(H2,21,22,23,25)/t12-,13+,14-,15-/m1/s1. The first-order chi connectivity index (χ1) is 14.0. The van der Waals surface area contributed by atoms with Crippen LogP contribution in [0.25, 0.3) is 0 Å². The number of carbonyl (C=O) groups excluding carboxylic acids is 2. The molecule has 1 aromatic rings. The van der Waals surface area contributed by atoms with Gasteiger partial charge in [-0.1, -0.05) is 0 Å². The molecule has 1 saturated heterocycles. The fourth-order valence-corrected chi connectivity index (χ4v) is 5.43. The third-order valence-corrected chi connectivity index (χ3v) is 7.03. The van der Waals surface area contributed by atoms with Crippen LogP contribution in [0, 0.1) is 5.92 Å². The maximum absolute atomic E-state index is 12.6. The van der Waals surface area contributed by atoms with Crippen LogP contribution in [-0.2, 0) is 19.6 Å². The van der Waals surface area contributed by atoms with Gasteiger partial charge in [0.05, 0.1) is 12.2 Å². The molecule has 3 N–H and O–H groups in total. The number of hydrogen-bond donors (Lipinski definition) is 3. The van der Waals surface area contributed by atoms with Gasteiger partial charge in [0.2, 0.25) is 15.9 Å². The predicted molar refractivity (Wildman–Crippen MR) is 111 cm³/mol. The van der Waals surface area contributed by atoms with Crippen LogP contribution in [0.5, 0.6) is 0 Å². The summed E-state index contributed by atoms with van der Waals surface area (Å²) in [6.45, 7) is 5.75. The van der Waals surface area contributed by atoms with E-state index in [2.05, 4.69) is 20.8 Å². The van der Waals surface area contributed by atoms with Gasteiger partial charge in [0.1, 0.15) is 6.10 Å². The molecule has 0 bridgehead atoms. The first-order valence-electron chi connectivity index (χ1n) is 10.3. The van der Waals surface area contributed by atoms with Crippen molar-refractivity contribution in [1.82, 2.24) is 19.8 Å². The Morgan fingerprint density at radius 2 is 2.03 bits per heavy atom. The number of ether oxygens (including phenoxy) is 1. The minimum atomic E-state index is -3.33. The van der Waals surface area contributed by atoms with E-state index in [1.807, 2.05) is 13.8 Å². The normalized spacial score (nSPS) is 27.4. The summed E-state index contributed by atoms with van der Waals surface area (Å²) in [5.74, 6) is -0.0442. The molecule has 1 aliphatic heterocycles. The van der Waals surface area contributed by atoms with Crippen molar-refractivity contribution < 1.29 is 22.7 Å². The Kier molecular flexibility index (Phi) is 6.71. The topological polar surface area (TPSA) is 133 Å². The summed E-state index contributed by atoms with van der Waals surface area (Å²) in [7, 11) is -3.33. The number of nitrogens with one attached hydrogen (secondary N) is 3. The van der Waals surface area contributed by atoms with Gasteiger partial charge < -0.3 is 15.4 Å². The zero-order valence-electron chi connectivity index (χ0n) is 17.8. The number of carbonyl (C=O) groups is 2. The number of rotatable bonds is 6. The molecule has 168 valence electrons. The largest absolute Gasteiger partial charge is 0.446 e. The Hall–Kier alpha value is -2.14. The van der Waals surface area contributed by atoms with E-state index in [4.69, 9.17) is 4.74 Å². The van der Waals surface area contributed by atoms with Crippen molar-refractivity contribution in [1.29, 1.82) is 0 Å². The van der Waals surface area contributed by atoms with E-state index >= 15 is 0 Å². The number of H-pyrrole nitrogens is 1. The number of hydrogen-bond acceptors (Lipinski definition) is 6. The van der Waals surface area contributed by atoms with E-state index in [-0.39, 0.29) is 36.6 Å². The number of sulfonamides is 1.